The van der Waals surface area contributed by atoms with Crippen molar-refractivity contribution >= 4 is 37.5 Å². The Bertz CT molecular complexity index is 338. The molecule has 0 unspecified atom stereocenters. The molecule has 0 radical (unpaired) electrons. The van der Waals surface area contributed by atoms with Crippen molar-refractivity contribution < 1.29 is 4.92 Å². The van der Waals surface area contributed by atoms with Gasteiger partial charge in [0.15, 0.2) is 0 Å². The lowest BCUT2D eigenvalue weighted by molar-refractivity contribution is -0.385. The molecule has 0 aliphatic heterocycles. The van der Waals surface area contributed by atoms with E-state index in [1.807, 2.05) is 0 Å². The summed E-state index contributed by atoms with van der Waals surface area (Å²) in [6.45, 7) is 1.70. The summed E-state index contributed by atoms with van der Waals surface area (Å²) < 4.78 is 1.44. The first-order chi connectivity index (χ1) is 5.52. The van der Waals surface area contributed by atoms with E-state index in [4.69, 9.17) is 0 Å². The number of nitrogens with zero attached hydrogens (tertiary/aromatic N) is 1. The van der Waals surface area contributed by atoms with E-state index in [0.717, 1.165) is 4.47 Å². The molecule has 0 atom stereocenters. The third-order valence-electron chi connectivity index (χ3n) is 1.48. The zero-order valence-corrected chi connectivity index (χ0v) is 9.35. The van der Waals surface area contributed by atoms with Crippen LogP contribution in [0.4, 0.5) is 5.69 Å². The van der Waals surface area contributed by atoms with Crippen molar-refractivity contribution in [2.24, 2.45) is 0 Å². The summed E-state index contributed by atoms with van der Waals surface area (Å²) in [5.41, 5.74) is 0.763. The van der Waals surface area contributed by atoms with Gasteiger partial charge in [-0.3, -0.25) is 10.1 Å². The summed E-state index contributed by atoms with van der Waals surface area (Å²) in [4.78, 5) is 10.1. The molecular formula is C7H5Br2NO2. The van der Waals surface area contributed by atoms with E-state index < -0.39 is 4.92 Å². The molecule has 3 nitrogen and oxygen atoms in total. The highest BCUT2D eigenvalue weighted by atomic mass is 79.9. The first-order valence-corrected chi connectivity index (χ1v) is 4.71. The van der Waals surface area contributed by atoms with E-state index in [0.29, 0.717) is 10.0 Å². The number of halogens is 2. The number of nitro groups is 1. The third kappa shape index (κ3) is 1.84. The van der Waals surface area contributed by atoms with Crippen molar-refractivity contribution in [3.63, 3.8) is 0 Å². The van der Waals surface area contributed by atoms with Gasteiger partial charge in [0.25, 0.3) is 5.69 Å². The molecule has 1 aromatic carbocycles. The lowest BCUT2D eigenvalue weighted by atomic mass is 10.2. The van der Waals surface area contributed by atoms with Gasteiger partial charge in [0, 0.05) is 20.6 Å². The molecule has 0 spiro atoms. The first kappa shape index (κ1) is 9.67. The second-order valence-electron chi connectivity index (χ2n) is 2.29. The topological polar surface area (TPSA) is 43.1 Å². The van der Waals surface area contributed by atoms with E-state index in [2.05, 4.69) is 31.9 Å². The highest BCUT2D eigenvalue weighted by Gasteiger charge is 2.13. The monoisotopic (exact) mass is 293 g/mol. The fourth-order valence-corrected chi connectivity index (χ4v) is 2.02. The van der Waals surface area contributed by atoms with Crippen molar-refractivity contribution in [2.45, 2.75) is 6.92 Å². The van der Waals surface area contributed by atoms with Gasteiger partial charge in [0.1, 0.15) is 0 Å². The summed E-state index contributed by atoms with van der Waals surface area (Å²) >= 11 is 6.41. The largest absolute Gasteiger partial charge is 0.274 e. The van der Waals surface area contributed by atoms with Crippen LogP contribution in [0, 0.1) is 17.0 Å². The van der Waals surface area contributed by atoms with Gasteiger partial charge >= 0.3 is 0 Å². The van der Waals surface area contributed by atoms with E-state index >= 15 is 0 Å². The minimum atomic E-state index is -0.398. The molecule has 0 fully saturated rings. The van der Waals surface area contributed by atoms with Gasteiger partial charge in [-0.05, 0) is 13.0 Å². The third-order valence-corrected chi connectivity index (χ3v) is 2.76. The Morgan fingerprint density at radius 2 is 2.00 bits per heavy atom. The van der Waals surface area contributed by atoms with Crippen LogP contribution in [0.25, 0.3) is 0 Å². The zero-order valence-electron chi connectivity index (χ0n) is 6.17. The molecule has 5 heteroatoms. The molecular weight excluding hydrogens is 290 g/mol. The Labute approximate surface area is 86.2 Å². The average molecular weight is 295 g/mol. The molecule has 64 valence electrons. The van der Waals surface area contributed by atoms with Crippen molar-refractivity contribution in [2.75, 3.05) is 0 Å². The zero-order chi connectivity index (χ0) is 9.30. The second kappa shape index (κ2) is 3.53. The summed E-state index contributed by atoms with van der Waals surface area (Å²) in [6.07, 6.45) is 0. The van der Waals surface area contributed by atoms with Crippen LogP contribution in [-0.2, 0) is 0 Å². The minimum Gasteiger partial charge on any atom is -0.258 e. The van der Waals surface area contributed by atoms with Crippen LogP contribution in [0.2, 0.25) is 0 Å². The molecule has 1 aromatic rings. The van der Waals surface area contributed by atoms with Gasteiger partial charge in [0.05, 0.1) is 4.92 Å². The van der Waals surface area contributed by atoms with Crippen molar-refractivity contribution in [3.8, 4) is 0 Å². The normalized spacial score (nSPS) is 9.92. The van der Waals surface area contributed by atoms with Gasteiger partial charge in [0.2, 0.25) is 0 Å². The highest BCUT2D eigenvalue weighted by molar-refractivity contribution is 9.11. The number of rotatable bonds is 1. The molecule has 0 heterocycles. The Balaban J connectivity index is 3.37. The summed E-state index contributed by atoms with van der Waals surface area (Å²) in [5.74, 6) is 0. The summed E-state index contributed by atoms with van der Waals surface area (Å²) in [7, 11) is 0. The van der Waals surface area contributed by atoms with Crippen LogP contribution in [-0.4, -0.2) is 4.92 Å². The molecule has 0 bridgehead atoms. The predicted octanol–water partition coefficient (Wildman–Crippen LogP) is 3.43. The summed E-state index contributed by atoms with van der Waals surface area (Å²) in [5, 5.41) is 10.5. The molecule has 0 aromatic heterocycles. The van der Waals surface area contributed by atoms with E-state index in [1.165, 1.54) is 6.07 Å². The minimum absolute atomic E-state index is 0.122. The van der Waals surface area contributed by atoms with Crippen molar-refractivity contribution in [1.82, 2.24) is 0 Å². The van der Waals surface area contributed by atoms with Gasteiger partial charge < -0.3 is 0 Å². The van der Waals surface area contributed by atoms with E-state index in [9.17, 15) is 10.1 Å². The van der Waals surface area contributed by atoms with Crippen LogP contribution in [0.3, 0.4) is 0 Å². The molecule has 0 amide bonds. The second-order valence-corrected chi connectivity index (χ2v) is 4.06. The maximum atomic E-state index is 10.5. The number of nitro benzene ring substituents is 1. The molecule has 12 heavy (non-hydrogen) atoms. The lowest BCUT2D eigenvalue weighted by Crippen LogP contribution is -1.92. The van der Waals surface area contributed by atoms with Crippen LogP contribution >= 0.6 is 31.9 Å². The van der Waals surface area contributed by atoms with Crippen LogP contribution < -0.4 is 0 Å². The number of hydrogen-bond acceptors (Lipinski definition) is 2. The number of hydrogen-bond donors (Lipinski definition) is 0. The maximum absolute atomic E-state index is 10.5. The Hall–Kier alpha value is -0.420. The SMILES string of the molecule is Cc1c(Br)cc(Br)cc1[N+](=O)[O-]. The van der Waals surface area contributed by atoms with E-state index in [1.54, 1.807) is 13.0 Å². The van der Waals surface area contributed by atoms with Crippen LogP contribution in [0.1, 0.15) is 5.56 Å². The molecule has 0 aliphatic carbocycles. The molecule has 1 rings (SSSR count). The van der Waals surface area contributed by atoms with Crippen molar-refractivity contribution in [1.29, 1.82) is 0 Å². The quantitative estimate of drug-likeness (QED) is 0.588. The maximum Gasteiger partial charge on any atom is 0.274 e. The average Bonchev–Trinajstić information content (AvgIpc) is 1.96. The first-order valence-electron chi connectivity index (χ1n) is 3.12. The standard InChI is InChI=1S/C7H5Br2NO2/c1-4-6(9)2-5(8)3-7(4)10(11)12/h2-3H,1H3. The fourth-order valence-electron chi connectivity index (χ4n) is 0.822. The molecule has 0 N–H and O–H groups in total. The Morgan fingerprint density at radius 3 is 2.50 bits per heavy atom. The molecule has 0 saturated heterocycles. The predicted molar refractivity (Wildman–Crippen MR) is 53.2 cm³/mol. The summed E-state index contributed by atoms with van der Waals surface area (Å²) in [6, 6.07) is 3.27. The fraction of sp³-hybridized carbons (Fsp3) is 0.143. The Morgan fingerprint density at radius 1 is 1.42 bits per heavy atom. The highest BCUT2D eigenvalue weighted by Crippen LogP contribution is 2.29. The molecule has 0 saturated carbocycles. The van der Waals surface area contributed by atoms with Gasteiger partial charge in [-0.2, -0.15) is 0 Å². The van der Waals surface area contributed by atoms with Gasteiger partial charge in [-0.15, -0.1) is 0 Å². The van der Waals surface area contributed by atoms with Crippen LogP contribution in [0.15, 0.2) is 21.1 Å². The van der Waals surface area contributed by atoms with E-state index in [-0.39, 0.29) is 5.69 Å². The van der Waals surface area contributed by atoms with Crippen molar-refractivity contribution in [3.05, 3.63) is 36.8 Å². The number of benzene rings is 1. The molecule has 0 aliphatic rings. The van der Waals surface area contributed by atoms with Gasteiger partial charge in [-0.25, -0.2) is 0 Å². The van der Waals surface area contributed by atoms with Crippen LogP contribution in [0.5, 0.6) is 0 Å². The Kier molecular flexibility index (Phi) is 2.85. The smallest absolute Gasteiger partial charge is 0.258 e. The lowest BCUT2D eigenvalue weighted by Gasteiger charge is -2.00. The van der Waals surface area contributed by atoms with Gasteiger partial charge in [-0.1, -0.05) is 31.9 Å².